The van der Waals surface area contributed by atoms with Gasteiger partial charge < -0.3 is 4.52 Å². The molecule has 0 aromatic rings. The molecule has 0 aromatic heterocycles. The molecule has 8 heavy (non-hydrogen) atoms. The molecule has 0 aromatic carbocycles. The predicted molar refractivity (Wildman–Crippen MR) is 32.8 cm³/mol. The minimum Gasteiger partial charge on any atom is -0.354 e. The Labute approximate surface area is 78.1 Å². The van der Waals surface area contributed by atoms with Crippen molar-refractivity contribution >= 4 is 18.7 Å². The summed E-state index contributed by atoms with van der Waals surface area (Å²) in [5.74, 6) is 4.68. The second kappa shape index (κ2) is 8.58. The Balaban J connectivity index is 0. The van der Waals surface area contributed by atoms with Gasteiger partial charge in [0.15, 0.2) is 0 Å². The molecule has 0 aliphatic rings. The van der Waals surface area contributed by atoms with Crippen molar-refractivity contribution in [1.29, 1.82) is 0 Å². The first-order chi connectivity index (χ1) is 3.31. The molecule has 0 bridgehead atoms. The minimum absolute atomic E-state index is 0. The van der Waals surface area contributed by atoms with Crippen LogP contribution in [0.25, 0.3) is 0 Å². The van der Waals surface area contributed by atoms with Crippen LogP contribution in [-0.2, 0) is 21.2 Å². The standard InChI is InChI=1S/C2H8NO2PS.U/c1-4-6(7)2-5-3;/h6H,2-3H2,1H3;. The smallest absolute Gasteiger partial charge is 0.116 e. The number of nitrogens with two attached hydrogens (primary N) is 1. The van der Waals surface area contributed by atoms with E-state index in [2.05, 4.69) is 10.7 Å². The Kier molecular flexibility index (Phi) is 13.2. The fourth-order valence-electron chi connectivity index (χ4n) is 0.127. The van der Waals surface area contributed by atoms with Gasteiger partial charge in [-0.25, -0.2) is 5.90 Å². The van der Waals surface area contributed by atoms with E-state index in [1.54, 1.807) is 7.11 Å². The van der Waals surface area contributed by atoms with Crippen LogP contribution in [0.4, 0.5) is 0 Å². The predicted octanol–water partition coefficient (Wildman–Crippen LogP) is 0.0717. The Bertz CT molecular complexity index is 73.1. The molecule has 0 radical (unpaired) electrons. The van der Waals surface area contributed by atoms with Crippen molar-refractivity contribution < 1.29 is 40.5 Å². The Morgan fingerprint density at radius 2 is 2.25 bits per heavy atom. The third-order valence-electron chi connectivity index (χ3n) is 0.429. The van der Waals surface area contributed by atoms with E-state index in [9.17, 15) is 0 Å². The summed E-state index contributed by atoms with van der Waals surface area (Å²) in [6, 6.07) is 0. The molecule has 0 fully saturated rings. The van der Waals surface area contributed by atoms with Gasteiger partial charge in [0.1, 0.15) is 6.35 Å². The molecule has 0 aliphatic heterocycles. The molecule has 0 aliphatic carbocycles. The molecule has 1 atom stereocenters. The summed E-state index contributed by atoms with van der Waals surface area (Å²) in [5.41, 5.74) is 0. The maximum absolute atomic E-state index is 4.71. The van der Waals surface area contributed by atoms with E-state index < -0.39 is 6.92 Å². The second-order valence-corrected chi connectivity index (χ2v) is 3.69. The van der Waals surface area contributed by atoms with Crippen molar-refractivity contribution in [3.63, 3.8) is 0 Å². The van der Waals surface area contributed by atoms with Crippen LogP contribution in [0.15, 0.2) is 0 Å². The molecule has 1 unspecified atom stereocenters. The molecule has 0 saturated carbocycles. The van der Waals surface area contributed by atoms with E-state index in [4.69, 9.17) is 16.3 Å². The SMILES string of the molecule is CO[PH](=S)CON.[U]. The van der Waals surface area contributed by atoms with Crippen molar-refractivity contribution in [2.45, 2.75) is 0 Å². The number of hydrogen-bond donors (Lipinski definition) is 1. The van der Waals surface area contributed by atoms with Crippen LogP contribution in [0.5, 0.6) is 0 Å². The number of rotatable bonds is 3. The topological polar surface area (TPSA) is 44.5 Å². The molecular weight excluding hydrogens is 371 g/mol. The minimum atomic E-state index is -1.14. The largest absolute Gasteiger partial charge is 0.354 e. The average molecular weight is 379 g/mol. The maximum Gasteiger partial charge on any atom is 0.116 e. The van der Waals surface area contributed by atoms with E-state index in [0.29, 0.717) is 6.35 Å². The summed E-state index contributed by atoms with van der Waals surface area (Å²) < 4.78 is 4.70. The first-order valence-electron chi connectivity index (χ1n) is 1.69. The van der Waals surface area contributed by atoms with Gasteiger partial charge in [-0.15, -0.1) is 0 Å². The van der Waals surface area contributed by atoms with Crippen LogP contribution in [-0.4, -0.2) is 13.5 Å². The molecule has 2 N–H and O–H groups in total. The zero-order valence-electron chi connectivity index (χ0n) is 4.51. The second-order valence-electron chi connectivity index (χ2n) is 0.887. The maximum atomic E-state index is 4.71. The molecule has 6 heteroatoms. The van der Waals surface area contributed by atoms with Crippen molar-refractivity contribution in [1.82, 2.24) is 0 Å². The van der Waals surface area contributed by atoms with Gasteiger partial charge in [-0.05, 0) is 0 Å². The zero-order valence-corrected chi connectivity index (χ0v) is 10.5. The van der Waals surface area contributed by atoms with Crippen LogP contribution in [0, 0.1) is 31.1 Å². The van der Waals surface area contributed by atoms with Crippen LogP contribution >= 0.6 is 6.92 Å². The van der Waals surface area contributed by atoms with Gasteiger partial charge >= 0.3 is 0 Å². The normalized spacial score (nSPS) is 12.2. The summed E-state index contributed by atoms with van der Waals surface area (Å²) in [6.07, 6.45) is 0.372. The molecule has 3 nitrogen and oxygen atoms in total. The van der Waals surface area contributed by atoms with Crippen LogP contribution in [0.2, 0.25) is 0 Å². The van der Waals surface area contributed by atoms with Crippen molar-refractivity contribution in [3.05, 3.63) is 0 Å². The van der Waals surface area contributed by atoms with E-state index >= 15 is 0 Å². The first-order valence-corrected chi connectivity index (χ1v) is 4.44. The molecule has 0 rings (SSSR count). The molecule has 0 heterocycles. The van der Waals surface area contributed by atoms with Crippen molar-refractivity contribution in [2.75, 3.05) is 13.5 Å². The van der Waals surface area contributed by atoms with Crippen LogP contribution < -0.4 is 5.90 Å². The molecule has 48 valence electrons. The molecular formula is C2H8NO2PSU. The Hall–Kier alpha value is 1.58. The summed E-state index contributed by atoms with van der Waals surface area (Å²) in [6.45, 7) is -1.14. The van der Waals surface area contributed by atoms with E-state index in [0.717, 1.165) is 0 Å². The summed E-state index contributed by atoms with van der Waals surface area (Å²) in [7, 11) is 1.56. The van der Waals surface area contributed by atoms with Crippen LogP contribution in [0.1, 0.15) is 0 Å². The van der Waals surface area contributed by atoms with Crippen molar-refractivity contribution in [3.8, 4) is 0 Å². The summed E-state index contributed by atoms with van der Waals surface area (Å²) >= 11 is 4.71. The Morgan fingerprint density at radius 3 is 2.38 bits per heavy atom. The monoisotopic (exact) mass is 379 g/mol. The Morgan fingerprint density at radius 1 is 1.75 bits per heavy atom. The zero-order chi connectivity index (χ0) is 5.70. The fraction of sp³-hybridized carbons (Fsp3) is 1.00. The fourth-order valence-corrected chi connectivity index (χ4v) is 0.585. The summed E-state index contributed by atoms with van der Waals surface area (Å²) in [5, 5.41) is 0. The van der Waals surface area contributed by atoms with E-state index in [-0.39, 0.29) is 31.1 Å². The number of hydrogen-bond acceptors (Lipinski definition) is 4. The quantitative estimate of drug-likeness (QED) is 0.557. The van der Waals surface area contributed by atoms with Crippen molar-refractivity contribution in [2.24, 2.45) is 5.90 Å². The third kappa shape index (κ3) is 7.58. The van der Waals surface area contributed by atoms with Gasteiger partial charge in [-0.3, -0.25) is 4.84 Å². The van der Waals surface area contributed by atoms with Gasteiger partial charge in [0.2, 0.25) is 0 Å². The van der Waals surface area contributed by atoms with Gasteiger partial charge in [0.05, 0.1) is 6.92 Å². The molecule has 0 amide bonds. The van der Waals surface area contributed by atoms with Crippen LogP contribution in [0.3, 0.4) is 0 Å². The van der Waals surface area contributed by atoms with E-state index in [1.165, 1.54) is 0 Å². The average Bonchev–Trinajstić information content (AvgIpc) is 1.68. The molecule has 0 saturated heterocycles. The van der Waals surface area contributed by atoms with E-state index in [1.807, 2.05) is 0 Å². The van der Waals surface area contributed by atoms with Gasteiger partial charge in [-0.1, -0.05) is 11.8 Å². The van der Waals surface area contributed by atoms with Gasteiger partial charge in [0, 0.05) is 38.2 Å². The first kappa shape index (κ1) is 12.3. The summed E-state index contributed by atoms with van der Waals surface area (Å²) in [4.78, 5) is 4.21. The van der Waals surface area contributed by atoms with Gasteiger partial charge in [0.25, 0.3) is 0 Å². The van der Waals surface area contributed by atoms with Gasteiger partial charge in [-0.2, -0.15) is 0 Å². The molecule has 0 spiro atoms. The third-order valence-corrected chi connectivity index (χ3v) is 2.14.